The van der Waals surface area contributed by atoms with Gasteiger partial charge in [-0.2, -0.15) is 0 Å². The number of carbonyl (C=O) groups excluding carboxylic acids is 1. The Morgan fingerprint density at radius 1 is 0.966 bits per heavy atom. The standard InChI is InChI=1S/C21H19FN2O4S/c1-28-19-13-9-17(10-14-19)23-21(25)15-24(18-11-7-16(22)8-12-18)29(26,27)20-5-3-2-4-6-20/h2-14H,15H2,1H3,(H,23,25). The Morgan fingerprint density at radius 3 is 2.17 bits per heavy atom. The molecule has 0 atom stereocenters. The van der Waals surface area contributed by atoms with Gasteiger partial charge in [0, 0.05) is 5.69 Å². The number of ether oxygens (including phenoxy) is 1. The lowest BCUT2D eigenvalue weighted by molar-refractivity contribution is -0.114. The number of halogens is 1. The fourth-order valence-electron chi connectivity index (χ4n) is 2.65. The summed E-state index contributed by atoms with van der Waals surface area (Å²) in [5.74, 6) is -0.421. The number of nitrogens with one attached hydrogen (secondary N) is 1. The second-order valence-corrected chi connectivity index (χ2v) is 7.94. The Kier molecular flexibility index (Phi) is 6.13. The third kappa shape index (κ3) is 4.91. The second kappa shape index (κ2) is 8.74. The van der Waals surface area contributed by atoms with Gasteiger partial charge in [-0.25, -0.2) is 12.8 Å². The Bertz CT molecular complexity index is 1070. The van der Waals surface area contributed by atoms with Gasteiger partial charge in [0.05, 0.1) is 17.7 Å². The van der Waals surface area contributed by atoms with Gasteiger partial charge in [0.15, 0.2) is 0 Å². The van der Waals surface area contributed by atoms with Crippen LogP contribution in [0.25, 0.3) is 0 Å². The fraction of sp³-hybridized carbons (Fsp3) is 0.0952. The summed E-state index contributed by atoms with van der Waals surface area (Å²) in [5, 5.41) is 2.65. The van der Waals surface area contributed by atoms with Crippen molar-refractivity contribution in [2.45, 2.75) is 4.90 Å². The number of sulfonamides is 1. The van der Waals surface area contributed by atoms with Crippen LogP contribution in [0.15, 0.2) is 83.8 Å². The van der Waals surface area contributed by atoms with E-state index in [9.17, 15) is 17.6 Å². The van der Waals surface area contributed by atoms with Gasteiger partial charge in [0.2, 0.25) is 5.91 Å². The summed E-state index contributed by atoms with van der Waals surface area (Å²) in [6, 6.07) is 19.3. The number of hydrogen-bond acceptors (Lipinski definition) is 4. The van der Waals surface area contributed by atoms with E-state index in [2.05, 4.69) is 5.32 Å². The van der Waals surface area contributed by atoms with E-state index >= 15 is 0 Å². The number of anilines is 2. The van der Waals surface area contributed by atoms with Crippen LogP contribution in [0.3, 0.4) is 0 Å². The number of rotatable bonds is 7. The molecule has 1 amide bonds. The minimum absolute atomic E-state index is 0.0292. The SMILES string of the molecule is COc1ccc(NC(=O)CN(c2ccc(F)cc2)S(=O)(=O)c2ccccc2)cc1. The van der Waals surface area contributed by atoms with Crippen LogP contribution in [0.5, 0.6) is 5.75 Å². The van der Waals surface area contributed by atoms with Crippen LogP contribution in [-0.4, -0.2) is 28.0 Å². The van der Waals surface area contributed by atoms with Crippen molar-refractivity contribution in [3.05, 3.63) is 84.7 Å². The van der Waals surface area contributed by atoms with Crippen molar-refractivity contribution < 1.29 is 22.3 Å². The fourth-order valence-corrected chi connectivity index (χ4v) is 4.09. The molecule has 0 aliphatic carbocycles. The Hall–Kier alpha value is -3.39. The molecule has 0 unspecified atom stereocenters. The maximum Gasteiger partial charge on any atom is 0.264 e. The van der Waals surface area contributed by atoms with Crippen LogP contribution < -0.4 is 14.4 Å². The quantitative estimate of drug-likeness (QED) is 0.640. The summed E-state index contributed by atoms with van der Waals surface area (Å²) in [4.78, 5) is 12.6. The molecule has 0 radical (unpaired) electrons. The van der Waals surface area contributed by atoms with E-state index in [-0.39, 0.29) is 10.6 Å². The van der Waals surface area contributed by atoms with Crippen molar-refractivity contribution in [2.75, 3.05) is 23.3 Å². The zero-order valence-electron chi connectivity index (χ0n) is 15.6. The first-order chi connectivity index (χ1) is 13.9. The molecule has 0 bridgehead atoms. The van der Waals surface area contributed by atoms with Gasteiger partial charge in [-0.1, -0.05) is 18.2 Å². The smallest absolute Gasteiger partial charge is 0.264 e. The first kappa shape index (κ1) is 20.3. The molecular weight excluding hydrogens is 395 g/mol. The van der Waals surface area contributed by atoms with Gasteiger partial charge in [-0.3, -0.25) is 9.10 Å². The molecule has 8 heteroatoms. The average Bonchev–Trinajstić information content (AvgIpc) is 2.74. The van der Waals surface area contributed by atoms with Gasteiger partial charge < -0.3 is 10.1 Å². The Morgan fingerprint density at radius 2 is 1.59 bits per heavy atom. The van der Waals surface area contributed by atoms with Crippen LogP contribution in [0.2, 0.25) is 0 Å². The van der Waals surface area contributed by atoms with E-state index in [0.29, 0.717) is 11.4 Å². The minimum Gasteiger partial charge on any atom is -0.497 e. The Labute approximate surface area is 168 Å². The lowest BCUT2D eigenvalue weighted by Crippen LogP contribution is -2.38. The lowest BCUT2D eigenvalue weighted by Gasteiger charge is -2.24. The van der Waals surface area contributed by atoms with Crippen molar-refractivity contribution in [2.24, 2.45) is 0 Å². The molecule has 0 heterocycles. The molecule has 0 fully saturated rings. The topological polar surface area (TPSA) is 75.7 Å². The van der Waals surface area contributed by atoms with E-state index in [4.69, 9.17) is 4.74 Å². The zero-order chi connectivity index (χ0) is 20.9. The van der Waals surface area contributed by atoms with Crippen LogP contribution in [0, 0.1) is 5.82 Å². The first-order valence-electron chi connectivity index (χ1n) is 8.67. The summed E-state index contributed by atoms with van der Waals surface area (Å²) in [6.07, 6.45) is 0. The molecule has 3 aromatic carbocycles. The highest BCUT2D eigenvalue weighted by molar-refractivity contribution is 7.92. The monoisotopic (exact) mass is 414 g/mol. The van der Waals surface area contributed by atoms with Gasteiger partial charge in [0.25, 0.3) is 10.0 Å². The van der Waals surface area contributed by atoms with Crippen LogP contribution in [-0.2, 0) is 14.8 Å². The van der Waals surface area contributed by atoms with Crippen molar-refractivity contribution in [1.29, 1.82) is 0 Å². The summed E-state index contributed by atoms with van der Waals surface area (Å²) in [6.45, 7) is -0.477. The van der Waals surface area contributed by atoms with E-state index in [1.807, 2.05) is 0 Å². The van der Waals surface area contributed by atoms with Crippen LogP contribution in [0.4, 0.5) is 15.8 Å². The Balaban J connectivity index is 1.88. The molecule has 3 aromatic rings. The third-order valence-electron chi connectivity index (χ3n) is 4.11. The maximum atomic E-state index is 13.3. The van der Waals surface area contributed by atoms with E-state index in [1.165, 1.54) is 31.4 Å². The summed E-state index contributed by atoms with van der Waals surface area (Å²) >= 11 is 0. The van der Waals surface area contributed by atoms with Crippen LogP contribution >= 0.6 is 0 Å². The second-order valence-electron chi connectivity index (χ2n) is 6.08. The summed E-state index contributed by atoms with van der Waals surface area (Å²) < 4.78 is 45.6. The summed E-state index contributed by atoms with van der Waals surface area (Å²) in [7, 11) is -2.50. The van der Waals surface area contributed by atoms with Crippen molar-refractivity contribution in [1.82, 2.24) is 0 Å². The molecule has 29 heavy (non-hydrogen) atoms. The zero-order valence-corrected chi connectivity index (χ0v) is 16.4. The molecule has 0 aliphatic rings. The number of benzene rings is 3. The highest BCUT2D eigenvalue weighted by Gasteiger charge is 2.27. The first-order valence-corrected chi connectivity index (χ1v) is 10.1. The predicted octanol–water partition coefficient (Wildman–Crippen LogP) is 3.67. The molecular formula is C21H19FN2O4S. The van der Waals surface area contributed by atoms with Gasteiger partial charge in [-0.15, -0.1) is 0 Å². The number of carbonyl (C=O) groups is 1. The molecule has 3 rings (SSSR count). The van der Waals surface area contributed by atoms with Crippen molar-refractivity contribution in [3.63, 3.8) is 0 Å². The highest BCUT2D eigenvalue weighted by Crippen LogP contribution is 2.24. The molecule has 6 nitrogen and oxygen atoms in total. The molecule has 0 aromatic heterocycles. The van der Waals surface area contributed by atoms with Gasteiger partial charge in [0.1, 0.15) is 18.1 Å². The van der Waals surface area contributed by atoms with Crippen molar-refractivity contribution >= 4 is 27.3 Å². The molecule has 0 spiro atoms. The van der Waals surface area contributed by atoms with Crippen molar-refractivity contribution in [3.8, 4) is 5.75 Å². The van der Waals surface area contributed by atoms with E-state index in [0.717, 1.165) is 16.4 Å². The molecule has 1 N–H and O–H groups in total. The molecule has 0 saturated heterocycles. The largest absolute Gasteiger partial charge is 0.497 e. The number of hydrogen-bond donors (Lipinski definition) is 1. The maximum absolute atomic E-state index is 13.3. The van der Waals surface area contributed by atoms with Crippen LogP contribution in [0.1, 0.15) is 0 Å². The van der Waals surface area contributed by atoms with E-state index in [1.54, 1.807) is 42.5 Å². The third-order valence-corrected chi connectivity index (χ3v) is 5.89. The molecule has 150 valence electrons. The van der Waals surface area contributed by atoms with Gasteiger partial charge in [-0.05, 0) is 60.7 Å². The predicted molar refractivity (Wildman–Crippen MR) is 109 cm³/mol. The van der Waals surface area contributed by atoms with E-state index < -0.39 is 28.3 Å². The van der Waals surface area contributed by atoms with Gasteiger partial charge >= 0.3 is 0 Å². The average molecular weight is 414 g/mol. The lowest BCUT2D eigenvalue weighted by atomic mass is 10.3. The minimum atomic E-state index is -4.03. The number of amides is 1. The summed E-state index contributed by atoms with van der Waals surface area (Å²) in [5.41, 5.74) is 0.673. The number of methoxy groups -OCH3 is 1. The normalized spacial score (nSPS) is 11.0. The molecule has 0 saturated carbocycles. The highest BCUT2D eigenvalue weighted by atomic mass is 32.2. The number of nitrogens with zero attached hydrogens (tertiary/aromatic N) is 1. The molecule has 0 aliphatic heterocycles.